The quantitative estimate of drug-likeness (QED) is 0.784. The third-order valence-corrected chi connectivity index (χ3v) is 2.95. The van der Waals surface area contributed by atoms with Crippen LogP contribution in [-0.4, -0.2) is 29.4 Å². The maximum absolute atomic E-state index is 4.24. The van der Waals surface area contributed by atoms with Crippen LogP contribution in [0.2, 0.25) is 0 Å². The van der Waals surface area contributed by atoms with Crippen LogP contribution >= 0.6 is 0 Å². The molecule has 4 heteroatoms. The van der Waals surface area contributed by atoms with Gasteiger partial charge in [-0.3, -0.25) is 4.68 Å². The van der Waals surface area contributed by atoms with Crippen molar-refractivity contribution in [3.63, 3.8) is 0 Å². The first-order valence-electron chi connectivity index (χ1n) is 5.85. The summed E-state index contributed by atoms with van der Waals surface area (Å²) in [7, 11) is 0. The van der Waals surface area contributed by atoms with Gasteiger partial charge in [0.1, 0.15) is 0 Å². The molecule has 0 aliphatic carbocycles. The van der Waals surface area contributed by atoms with Gasteiger partial charge in [-0.1, -0.05) is 0 Å². The molecule has 1 unspecified atom stereocenters. The van der Waals surface area contributed by atoms with Gasteiger partial charge in [-0.25, -0.2) is 0 Å². The minimum Gasteiger partial charge on any atom is -0.382 e. The van der Waals surface area contributed by atoms with Gasteiger partial charge < -0.3 is 10.6 Å². The molecule has 0 saturated carbocycles. The lowest BCUT2D eigenvalue weighted by atomic mass is 10.00. The Morgan fingerprint density at radius 2 is 2.60 bits per heavy atom. The van der Waals surface area contributed by atoms with Crippen molar-refractivity contribution in [2.75, 3.05) is 25.0 Å². The van der Waals surface area contributed by atoms with E-state index in [1.165, 1.54) is 19.4 Å². The average Bonchev–Trinajstić information content (AvgIpc) is 2.76. The fraction of sp³-hybridized carbons (Fsp3) is 0.727. The van der Waals surface area contributed by atoms with Crippen LogP contribution in [0.3, 0.4) is 0 Å². The minimum atomic E-state index is 0.767. The first-order valence-corrected chi connectivity index (χ1v) is 5.85. The summed E-state index contributed by atoms with van der Waals surface area (Å²) in [6, 6.07) is 0. The molecule has 1 aliphatic heterocycles. The van der Waals surface area contributed by atoms with E-state index in [4.69, 9.17) is 0 Å². The smallest absolute Gasteiger partial charge is 0.0726 e. The number of hydrogen-bond acceptors (Lipinski definition) is 3. The highest BCUT2D eigenvalue weighted by Crippen LogP contribution is 2.12. The van der Waals surface area contributed by atoms with Crippen LogP contribution in [0.1, 0.15) is 19.8 Å². The van der Waals surface area contributed by atoms with Crippen molar-refractivity contribution >= 4 is 5.69 Å². The van der Waals surface area contributed by atoms with Crippen molar-refractivity contribution < 1.29 is 0 Å². The van der Waals surface area contributed by atoms with E-state index >= 15 is 0 Å². The van der Waals surface area contributed by atoms with Gasteiger partial charge in [0.15, 0.2) is 0 Å². The molecular formula is C11H20N4. The summed E-state index contributed by atoms with van der Waals surface area (Å²) in [4.78, 5) is 0. The molecular weight excluding hydrogens is 188 g/mol. The summed E-state index contributed by atoms with van der Waals surface area (Å²) in [6.45, 7) is 6.43. The lowest BCUT2D eigenvalue weighted by Gasteiger charge is -2.22. The van der Waals surface area contributed by atoms with Crippen LogP contribution in [0.15, 0.2) is 12.4 Å². The van der Waals surface area contributed by atoms with Crippen LogP contribution in [-0.2, 0) is 6.54 Å². The molecule has 0 aromatic carbocycles. The summed E-state index contributed by atoms with van der Waals surface area (Å²) in [5, 5.41) is 11.1. The second-order valence-corrected chi connectivity index (χ2v) is 4.18. The average molecular weight is 208 g/mol. The highest BCUT2D eigenvalue weighted by molar-refractivity contribution is 5.38. The normalized spacial score (nSPS) is 21.5. The lowest BCUT2D eigenvalue weighted by Crippen LogP contribution is -2.33. The molecule has 84 valence electrons. The van der Waals surface area contributed by atoms with Crippen LogP contribution in [0.25, 0.3) is 0 Å². The fourth-order valence-electron chi connectivity index (χ4n) is 1.99. The van der Waals surface area contributed by atoms with E-state index in [-0.39, 0.29) is 0 Å². The molecule has 1 atom stereocenters. The van der Waals surface area contributed by atoms with E-state index in [1.54, 1.807) is 0 Å². The molecule has 1 fully saturated rings. The fourth-order valence-corrected chi connectivity index (χ4v) is 1.99. The third-order valence-electron chi connectivity index (χ3n) is 2.95. The Morgan fingerprint density at radius 3 is 3.27 bits per heavy atom. The van der Waals surface area contributed by atoms with E-state index in [0.29, 0.717) is 0 Å². The molecule has 15 heavy (non-hydrogen) atoms. The standard InChI is InChI=1S/C11H20N4/c1-2-15-9-11(8-14-15)13-7-10-4-3-5-12-6-10/h8-10,12-13H,2-7H2,1H3. The monoisotopic (exact) mass is 208 g/mol. The van der Waals surface area contributed by atoms with Gasteiger partial charge in [0.25, 0.3) is 0 Å². The maximum Gasteiger partial charge on any atom is 0.0726 e. The molecule has 0 radical (unpaired) electrons. The Hall–Kier alpha value is -1.03. The van der Waals surface area contributed by atoms with Gasteiger partial charge >= 0.3 is 0 Å². The number of aromatic nitrogens is 2. The van der Waals surface area contributed by atoms with Gasteiger partial charge in [0.2, 0.25) is 0 Å². The zero-order valence-electron chi connectivity index (χ0n) is 9.37. The van der Waals surface area contributed by atoms with E-state index in [2.05, 4.69) is 28.9 Å². The van der Waals surface area contributed by atoms with Crippen LogP contribution < -0.4 is 10.6 Å². The Bertz CT molecular complexity index is 289. The number of nitrogens with zero attached hydrogens (tertiary/aromatic N) is 2. The molecule has 1 aromatic heterocycles. The van der Waals surface area contributed by atoms with Crippen LogP contribution in [0.5, 0.6) is 0 Å². The number of piperidine rings is 1. The molecule has 1 aromatic rings. The second-order valence-electron chi connectivity index (χ2n) is 4.18. The molecule has 0 spiro atoms. The molecule has 4 nitrogen and oxygen atoms in total. The number of nitrogens with one attached hydrogen (secondary N) is 2. The summed E-state index contributed by atoms with van der Waals surface area (Å²) in [5.41, 5.74) is 1.14. The van der Waals surface area contributed by atoms with Crippen LogP contribution in [0, 0.1) is 5.92 Å². The number of hydrogen-bond donors (Lipinski definition) is 2. The van der Waals surface area contributed by atoms with E-state index < -0.39 is 0 Å². The molecule has 0 amide bonds. The zero-order chi connectivity index (χ0) is 10.5. The predicted molar refractivity (Wildman–Crippen MR) is 62.0 cm³/mol. The summed E-state index contributed by atoms with van der Waals surface area (Å²) in [5.74, 6) is 0.767. The van der Waals surface area contributed by atoms with Gasteiger partial charge in [0, 0.05) is 19.3 Å². The van der Waals surface area contributed by atoms with Crippen molar-refractivity contribution in [1.29, 1.82) is 0 Å². The summed E-state index contributed by atoms with van der Waals surface area (Å²) in [6.07, 6.45) is 6.61. The van der Waals surface area contributed by atoms with Crippen molar-refractivity contribution in [3.8, 4) is 0 Å². The summed E-state index contributed by atoms with van der Waals surface area (Å²) >= 11 is 0. The number of rotatable bonds is 4. The molecule has 2 N–H and O–H groups in total. The van der Waals surface area contributed by atoms with E-state index in [0.717, 1.165) is 31.2 Å². The van der Waals surface area contributed by atoms with Crippen molar-refractivity contribution in [1.82, 2.24) is 15.1 Å². The van der Waals surface area contributed by atoms with Gasteiger partial charge in [0.05, 0.1) is 11.9 Å². The Balaban J connectivity index is 1.76. The molecule has 2 heterocycles. The van der Waals surface area contributed by atoms with Gasteiger partial charge in [-0.2, -0.15) is 5.10 Å². The van der Waals surface area contributed by atoms with Crippen molar-refractivity contribution in [3.05, 3.63) is 12.4 Å². The van der Waals surface area contributed by atoms with E-state index in [9.17, 15) is 0 Å². The molecule has 1 saturated heterocycles. The number of anilines is 1. The molecule has 2 rings (SSSR count). The van der Waals surface area contributed by atoms with Crippen molar-refractivity contribution in [2.45, 2.75) is 26.3 Å². The molecule has 0 bridgehead atoms. The largest absolute Gasteiger partial charge is 0.382 e. The first-order chi connectivity index (χ1) is 7.38. The Morgan fingerprint density at radius 1 is 1.67 bits per heavy atom. The first kappa shape index (κ1) is 10.5. The topological polar surface area (TPSA) is 41.9 Å². The van der Waals surface area contributed by atoms with Crippen molar-refractivity contribution in [2.24, 2.45) is 5.92 Å². The predicted octanol–water partition coefficient (Wildman–Crippen LogP) is 1.31. The highest BCUT2D eigenvalue weighted by atomic mass is 15.3. The Kier molecular flexibility index (Phi) is 3.61. The Labute approximate surface area is 91.1 Å². The van der Waals surface area contributed by atoms with Gasteiger partial charge in [-0.05, 0) is 38.8 Å². The summed E-state index contributed by atoms with van der Waals surface area (Å²) < 4.78 is 1.95. The minimum absolute atomic E-state index is 0.767. The third kappa shape index (κ3) is 2.96. The maximum atomic E-state index is 4.24. The van der Waals surface area contributed by atoms with Gasteiger partial charge in [-0.15, -0.1) is 0 Å². The number of aryl methyl sites for hydroxylation is 1. The van der Waals surface area contributed by atoms with Crippen LogP contribution in [0.4, 0.5) is 5.69 Å². The lowest BCUT2D eigenvalue weighted by molar-refractivity contribution is 0.393. The SMILES string of the molecule is CCn1cc(NCC2CCCNC2)cn1. The second kappa shape index (κ2) is 5.16. The zero-order valence-corrected chi connectivity index (χ0v) is 9.37. The van der Waals surface area contributed by atoms with E-state index in [1.807, 2.05) is 10.9 Å². The molecule has 1 aliphatic rings. The highest BCUT2D eigenvalue weighted by Gasteiger charge is 2.12.